The maximum Gasteiger partial charge on any atom is 0.241 e. The quantitative estimate of drug-likeness (QED) is 0.441. The number of nitrogens with zero attached hydrogens (tertiary/aromatic N) is 4. The Hall–Kier alpha value is -3.24. The zero-order chi connectivity index (χ0) is 21.2. The third kappa shape index (κ3) is 4.44. The number of nitrogens with one attached hydrogen (secondary N) is 4. The predicted molar refractivity (Wildman–Crippen MR) is 121 cm³/mol. The minimum absolute atomic E-state index is 0.0352. The lowest BCUT2D eigenvalue weighted by Crippen LogP contribution is -2.35. The molecule has 5 rings (SSSR count). The van der Waals surface area contributed by atoms with E-state index in [9.17, 15) is 4.79 Å². The van der Waals surface area contributed by atoms with Crippen LogP contribution in [0.1, 0.15) is 24.4 Å². The number of H-pyrrole nitrogens is 1. The van der Waals surface area contributed by atoms with E-state index >= 15 is 0 Å². The normalized spacial score (nSPS) is 17.9. The van der Waals surface area contributed by atoms with E-state index in [2.05, 4.69) is 35.4 Å². The highest BCUT2D eigenvalue weighted by Gasteiger charge is 2.22. The van der Waals surface area contributed by atoms with Gasteiger partial charge in [0, 0.05) is 34.7 Å². The molecule has 1 amide bonds. The Morgan fingerprint density at radius 3 is 2.90 bits per heavy atom. The molecule has 4 N–H and O–H groups in total. The number of rotatable bonds is 6. The van der Waals surface area contributed by atoms with E-state index in [4.69, 9.17) is 0 Å². The van der Waals surface area contributed by atoms with Crippen LogP contribution in [0.15, 0.2) is 53.8 Å². The van der Waals surface area contributed by atoms with Crippen LogP contribution >= 0.6 is 11.9 Å². The first-order valence-electron chi connectivity index (χ1n) is 10.3. The van der Waals surface area contributed by atoms with Gasteiger partial charge >= 0.3 is 0 Å². The van der Waals surface area contributed by atoms with Gasteiger partial charge in [-0.25, -0.2) is 4.98 Å². The molecule has 0 saturated carbocycles. The number of aromatic amines is 1. The van der Waals surface area contributed by atoms with Crippen molar-refractivity contribution in [3.8, 4) is 0 Å². The van der Waals surface area contributed by atoms with Gasteiger partial charge < -0.3 is 20.3 Å². The number of imidazole rings is 1. The molecule has 1 atom stereocenters. The molecule has 1 aromatic carbocycles. The van der Waals surface area contributed by atoms with Crippen molar-refractivity contribution >= 4 is 35.2 Å². The van der Waals surface area contributed by atoms with Gasteiger partial charge in [-0.1, -0.05) is 0 Å². The first-order valence-corrected chi connectivity index (χ1v) is 11.0. The summed E-state index contributed by atoms with van der Waals surface area (Å²) in [5, 5.41) is 16.8. The highest BCUT2D eigenvalue weighted by Crippen LogP contribution is 2.30. The van der Waals surface area contributed by atoms with Crippen molar-refractivity contribution in [2.75, 3.05) is 17.2 Å². The minimum atomic E-state index is -0.0829. The maximum absolute atomic E-state index is 12.3. The molecule has 1 unspecified atom stereocenters. The van der Waals surface area contributed by atoms with Gasteiger partial charge in [0.2, 0.25) is 5.91 Å². The Balaban J connectivity index is 1.26. The third-order valence-corrected chi connectivity index (χ3v) is 6.18. The molecule has 3 aromatic rings. The van der Waals surface area contributed by atoms with Crippen LogP contribution in [-0.4, -0.2) is 42.5 Å². The summed E-state index contributed by atoms with van der Waals surface area (Å²) in [6.45, 7) is 3.55. The van der Waals surface area contributed by atoms with E-state index in [1.165, 1.54) is 0 Å². The molecule has 2 aliphatic rings. The van der Waals surface area contributed by atoms with Gasteiger partial charge in [0.05, 0.1) is 18.8 Å². The molecule has 31 heavy (non-hydrogen) atoms. The fourth-order valence-electron chi connectivity index (χ4n) is 3.69. The number of hydrogen-bond donors (Lipinski definition) is 4. The molecule has 2 aliphatic heterocycles. The minimum Gasteiger partial charge on any atom is -0.325 e. The van der Waals surface area contributed by atoms with Crippen LogP contribution in [0.4, 0.5) is 11.5 Å². The fourth-order valence-corrected chi connectivity index (χ4v) is 4.55. The van der Waals surface area contributed by atoms with E-state index in [1.807, 2.05) is 54.2 Å². The highest BCUT2D eigenvalue weighted by atomic mass is 32.2. The van der Waals surface area contributed by atoms with E-state index in [1.54, 1.807) is 18.1 Å². The van der Waals surface area contributed by atoms with Crippen molar-refractivity contribution in [2.45, 2.75) is 37.2 Å². The summed E-state index contributed by atoms with van der Waals surface area (Å²) < 4.78 is 4.15. The second-order valence-corrected chi connectivity index (χ2v) is 8.74. The first kappa shape index (κ1) is 19.7. The van der Waals surface area contributed by atoms with Gasteiger partial charge in [-0.3, -0.25) is 14.5 Å². The second-order valence-electron chi connectivity index (χ2n) is 7.62. The number of hydrogen-bond acceptors (Lipinski definition) is 7. The van der Waals surface area contributed by atoms with Gasteiger partial charge in [0.25, 0.3) is 0 Å². The molecular weight excluding hydrogens is 412 g/mol. The summed E-state index contributed by atoms with van der Waals surface area (Å²) in [6.07, 6.45) is 7.72. The zero-order valence-corrected chi connectivity index (χ0v) is 17.9. The molecule has 0 bridgehead atoms. The molecule has 10 heteroatoms. The van der Waals surface area contributed by atoms with Crippen LogP contribution in [0.3, 0.4) is 0 Å². The molecule has 4 heterocycles. The fraction of sp³-hybridized carbons (Fsp3) is 0.286. The summed E-state index contributed by atoms with van der Waals surface area (Å²) >= 11 is 1.61. The van der Waals surface area contributed by atoms with Crippen LogP contribution in [0.2, 0.25) is 0 Å². The summed E-state index contributed by atoms with van der Waals surface area (Å²) in [4.78, 5) is 17.8. The Kier molecular flexibility index (Phi) is 5.39. The van der Waals surface area contributed by atoms with Crippen LogP contribution in [0, 0.1) is 6.92 Å². The monoisotopic (exact) mass is 436 g/mol. The van der Waals surface area contributed by atoms with Gasteiger partial charge in [0.15, 0.2) is 5.82 Å². The summed E-state index contributed by atoms with van der Waals surface area (Å²) in [7, 11) is 0. The Morgan fingerprint density at radius 2 is 2.16 bits per heavy atom. The van der Waals surface area contributed by atoms with Crippen molar-refractivity contribution in [3.05, 3.63) is 60.4 Å². The van der Waals surface area contributed by atoms with Crippen molar-refractivity contribution in [1.82, 2.24) is 29.4 Å². The van der Waals surface area contributed by atoms with E-state index < -0.39 is 0 Å². The summed E-state index contributed by atoms with van der Waals surface area (Å²) in [5.74, 6) is 2.61. The average molecular weight is 437 g/mol. The van der Waals surface area contributed by atoms with E-state index in [0.717, 1.165) is 53.1 Å². The molecule has 9 nitrogen and oxygen atoms in total. The maximum atomic E-state index is 12.3. The van der Waals surface area contributed by atoms with Crippen molar-refractivity contribution in [3.63, 3.8) is 0 Å². The number of carbonyl (C=O) groups excluding carboxylic acids is 1. The molecule has 0 spiro atoms. The van der Waals surface area contributed by atoms with Crippen molar-refractivity contribution in [1.29, 1.82) is 0 Å². The second kappa shape index (κ2) is 8.48. The van der Waals surface area contributed by atoms with Crippen LogP contribution in [0.5, 0.6) is 0 Å². The Bertz CT molecular complexity index is 1100. The number of carbonyl (C=O) groups is 1. The highest BCUT2D eigenvalue weighted by molar-refractivity contribution is 7.97. The Morgan fingerprint density at radius 1 is 1.29 bits per heavy atom. The lowest BCUT2D eigenvalue weighted by molar-refractivity contribution is -0.117. The summed E-state index contributed by atoms with van der Waals surface area (Å²) in [5.41, 5.74) is 1.80. The van der Waals surface area contributed by atoms with E-state index in [-0.39, 0.29) is 11.9 Å². The average Bonchev–Trinajstić information content (AvgIpc) is 3.51. The molecular formula is C21H24N8OS. The summed E-state index contributed by atoms with van der Waals surface area (Å²) in [6, 6.07) is 9.78. The van der Waals surface area contributed by atoms with Gasteiger partial charge in [-0.15, -0.1) is 0 Å². The van der Waals surface area contributed by atoms with E-state index in [0.29, 0.717) is 6.54 Å². The molecule has 0 aliphatic carbocycles. The largest absolute Gasteiger partial charge is 0.325 e. The lowest BCUT2D eigenvalue weighted by Gasteiger charge is -2.26. The lowest BCUT2D eigenvalue weighted by atomic mass is 10.2. The van der Waals surface area contributed by atoms with Crippen molar-refractivity contribution in [2.24, 2.45) is 0 Å². The van der Waals surface area contributed by atoms with Crippen LogP contribution in [-0.2, 0) is 11.3 Å². The zero-order valence-electron chi connectivity index (χ0n) is 17.1. The molecule has 160 valence electrons. The Labute approximate surface area is 184 Å². The third-order valence-electron chi connectivity index (χ3n) is 5.22. The number of anilines is 2. The van der Waals surface area contributed by atoms with Crippen LogP contribution < -0.4 is 16.0 Å². The van der Waals surface area contributed by atoms with Crippen LogP contribution in [0.25, 0.3) is 5.82 Å². The standard InChI is InChI=1S/C21H24N8OS/c1-14-11-18(27-26-14)25-20-13-28(12-19-23-9-10-29(19)20)31-16-6-4-15(5-7-16)24-21(30)17-3-2-8-22-17/h4-7,9-11,13,17,22H,2-3,8,12H2,1H3,(H,24,30)(H2,25,26,27). The van der Waals surface area contributed by atoms with Gasteiger partial charge in [-0.2, -0.15) is 5.10 Å². The molecule has 1 saturated heterocycles. The number of aryl methyl sites for hydroxylation is 1. The number of amides is 1. The smallest absolute Gasteiger partial charge is 0.241 e. The molecule has 1 fully saturated rings. The molecule has 0 radical (unpaired) electrons. The predicted octanol–water partition coefficient (Wildman–Crippen LogP) is 3.00. The van der Waals surface area contributed by atoms with Gasteiger partial charge in [0.1, 0.15) is 11.6 Å². The topological polar surface area (TPSA) is 103 Å². The number of aromatic nitrogens is 4. The number of fused-ring (bicyclic) bond motifs is 1. The first-order chi connectivity index (χ1) is 15.1. The number of benzene rings is 1. The molecule has 2 aromatic heterocycles. The van der Waals surface area contributed by atoms with Gasteiger partial charge in [-0.05, 0) is 62.5 Å². The SMILES string of the molecule is Cc1cc(NC2=CN(Sc3ccc(NC(=O)C4CCCN4)cc3)Cc3nccn32)n[nH]1. The van der Waals surface area contributed by atoms with Crippen molar-refractivity contribution < 1.29 is 4.79 Å².